The number of piperazine rings is 1. The number of nitrogens with one attached hydrogen (secondary N) is 2. The van der Waals surface area contributed by atoms with E-state index in [1.54, 1.807) is 12.1 Å². The van der Waals surface area contributed by atoms with Crippen LogP contribution in [0.15, 0.2) is 24.3 Å². The first-order valence-electron chi connectivity index (χ1n) is 6.18. The number of rotatable bonds is 3. The minimum Gasteiger partial charge on any atom is -0.478 e. The molecule has 1 fully saturated rings. The number of hydrogen-bond donors (Lipinski definition) is 3. The summed E-state index contributed by atoms with van der Waals surface area (Å²) in [4.78, 5) is 35.1. The van der Waals surface area contributed by atoms with Gasteiger partial charge in [-0.25, -0.2) is 9.59 Å². The number of nitrogens with zero attached hydrogens (tertiary/aromatic N) is 1. The summed E-state index contributed by atoms with van der Waals surface area (Å²) in [7, 11) is 0. The molecule has 0 aromatic heterocycles. The van der Waals surface area contributed by atoms with Gasteiger partial charge < -0.3 is 20.6 Å². The minimum absolute atomic E-state index is 0.0593. The van der Waals surface area contributed by atoms with Crippen molar-refractivity contribution in [2.24, 2.45) is 0 Å². The van der Waals surface area contributed by atoms with Crippen LogP contribution in [-0.2, 0) is 11.3 Å². The van der Waals surface area contributed by atoms with Crippen molar-refractivity contribution in [3.8, 4) is 0 Å². The fourth-order valence-corrected chi connectivity index (χ4v) is 1.87. The van der Waals surface area contributed by atoms with E-state index in [1.165, 1.54) is 17.0 Å². The van der Waals surface area contributed by atoms with Gasteiger partial charge >= 0.3 is 12.0 Å². The second-order valence-corrected chi connectivity index (χ2v) is 4.43. The predicted molar refractivity (Wildman–Crippen MR) is 70.2 cm³/mol. The van der Waals surface area contributed by atoms with Crippen LogP contribution in [0.2, 0.25) is 0 Å². The van der Waals surface area contributed by atoms with Crippen LogP contribution in [-0.4, -0.2) is 47.5 Å². The second kappa shape index (κ2) is 6.05. The lowest BCUT2D eigenvalue weighted by Crippen LogP contribution is -2.52. The maximum absolute atomic E-state index is 11.8. The van der Waals surface area contributed by atoms with Crippen molar-refractivity contribution < 1.29 is 19.5 Å². The largest absolute Gasteiger partial charge is 0.478 e. The molecule has 0 bridgehead atoms. The van der Waals surface area contributed by atoms with Crippen LogP contribution in [0.3, 0.4) is 0 Å². The van der Waals surface area contributed by atoms with E-state index in [-0.39, 0.29) is 30.6 Å². The third-order valence-corrected chi connectivity index (χ3v) is 2.97. The normalized spacial score (nSPS) is 14.6. The third-order valence-electron chi connectivity index (χ3n) is 2.97. The monoisotopic (exact) mass is 277 g/mol. The SMILES string of the molecule is O=C1CN(C(=O)NCc2ccc(C(=O)O)cc2)CCN1. The Balaban J connectivity index is 1.86. The second-order valence-electron chi connectivity index (χ2n) is 4.43. The number of carboxylic acid groups (broad SMARTS) is 1. The third kappa shape index (κ3) is 3.47. The summed E-state index contributed by atoms with van der Waals surface area (Å²) < 4.78 is 0. The van der Waals surface area contributed by atoms with Crippen LogP contribution >= 0.6 is 0 Å². The standard InChI is InChI=1S/C13H15N3O4/c17-11-8-16(6-5-14-11)13(20)15-7-9-1-3-10(4-2-9)12(18)19/h1-4H,5-8H2,(H,14,17)(H,15,20)(H,18,19). The summed E-state index contributed by atoms with van der Waals surface area (Å²) in [5.74, 6) is -1.16. The van der Waals surface area contributed by atoms with Gasteiger partial charge in [-0.3, -0.25) is 4.79 Å². The predicted octanol–water partition coefficient (Wildman–Crippen LogP) is 0.0262. The summed E-state index contributed by atoms with van der Waals surface area (Å²) >= 11 is 0. The fourth-order valence-electron chi connectivity index (χ4n) is 1.87. The van der Waals surface area contributed by atoms with Crippen LogP contribution in [0.4, 0.5) is 4.79 Å². The van der Waals surface area contributed by atoms with E-state index < -0.39 is 5.97 Å². The summed E-state index contributed by atoms with van der Waals surface area (Å²) in [6.45, 7) is 1.29. The van der Waals surface area contributed by atoms with E-state index in [4.69, 9.17) is 5.11 Å². The zero-order chi connectivity index (χ0) is 14.5. The van der Waals surface area contributed by atoms with E-state index in [1.807, 2.05) is 0 Å². The van der Waals surface area contributed by atoms with Gasteiger partial charge in [0.15, 0.2) is 0 Å². The highest BCUT2D eigenvalue weighted by atomic mass is 16.4. The quantitative estimate of drug-likeness (QED) is 0.725. The highest BCUT2D eigenvalue weighted by Gasteiger charge is 2.20. The number of carboxylic acids is 1. The summed E-state index contributed by atoms with van der Waals surface area (Å²) in [5.41, 5.74) is 0.998. The van der Waals surface area contributed by atoms with Gasteiger partial charge in [-0.2, -0.15) is 0 Å². The minimum atomic E-state index is -0.986. The molecule has 0 atom stereocenters. The molecule has 3 amide bonds. The number of benzene rings is 1. The molecular formula is C13H15N3O4. The van der Waals surface area contributed by atoms with E-state index in [0.717, 1.165) is 5.56 Å². The van der Waals surface area contributed by atoms with E-state index >= 15 is 0 Å². The summed E-state index contributed by atoms with van der Waals surface area (Å²) in [6, 6.07) is 5.96. The number of aromatic carboxylic acids is 1. The van der Waals surface area contributed by atoms with Crippen molar-refractivity contribution >= 4 is 17.9 Å². The molecular weight excluding hydrogens is 262 g/mol. The molecule has 0 aliphatic carbocycles. The highest BCUT2D eigenvalue weighted by Crippen LogP contribution is 2.04. The number of carbonyl (C=O) groups is 3. The number of urea groups is 1. The van der Waals surface area contributed by atoms with Crippen LogP contribution in [0.5, 0.6) is 0 Å². The summed E-state index contributed by atoms with van der Waals surface area (Å²) in [6.07, 6.45) is 0. The molecule has 3 N–H and O–H groups in total. The van der Waals surface area contributed by atoms with Gasteiger partial charge in [0.25, 0.3) is 0 Å². The van der Waals surface area contributed by atoms with E-state index in [2.05, 4.69) is 10.6 Å². The van der Waals surface area contributed by atoms with Gasteiger partial charge in [0, 0.05) is 19.6 Å². The summed E-state index contributed by atoms with van der Waals surface area (Å²) in [5, 5.41) is 14.1. The molecule has 0 saturated carbocycles. The lowest BCUT2D eigenvalue weighted by Gasteiger charge is -2.26. The molecule has 106 valence electrons. The number of amides is 3. The highest BCUT2D eigenvalue weighted by molar-refractivity contribution is 5.87. The van der Waals surface area contributed by atoms with Crippen LogP contribution in [0.1, 0.15) is 15.9 Å². The Morgan fingerprint density at radius 1 is 1.30 bits per heavy atom. The Bertz CT molecular complexity index is 527. The first kappa shape index (κ1) is 13.9. The van der Waals surface area contributed by atoms with Gasteiger partial charge in [-0.05, 0) is 17.7 Å². The van der Waals surface area contributed by atoms with Crippen LogP contribution in [0, 0.1) is 0 Å². The molecule has 0 unspecified atom stereocenters. The maximum Gasteiger partial charge on any atom is 0.335 e. The van der Waals surface area contributed by atoms with Crippen molar-refractivity contribution in [1.29, 1.82) is 0 Å². The molecule has 2 rings (SSSR count). The average molecular weight is 277 g/mol. The van der Waals surface area contributed by atoms with Crippen molar-refractivity contribution in [3.05, 3.63) is 35.4 Å². The lowest BCUT2D eigenvalue weighted by molar-refractivity contribution is -0.123. The molecule has 1 aliphatic heterocycles. The molecule has 0 spiro atoms. The Kier molecular flexibility index (Phi) is 4.19. The molecule has 7 nitrogen and oxygen atoms in total. The Hall–Kier alpha value is -2.57. The molecule has 1 saturated heterocycles. The van der Waals surface area contributed by atoms with Crippen LogP contribution in [0.25, 0.3) is 0 Å². The van der Waals surface area contributed by atoms with Crippen molar-refractivity contribution in [2.75, 3.05) is 19.6 Å². The molecule has 1 aliphatic rings. The van der Waals surface area contributed by atoms with Crippen molar-refractivity contribution in [2.45, 2.75) is 6.54 Å². The van der Waals surface area contributed by atoms with Crippen LogP contribution < -0.4 is 10.6 Å². The first-order valence-corrected chi connectivity index (χ1v) is 6.18. The van der Waals surface area contributed by atoms with Gasteiger partial charge in [-0.15, -0.1) is 0 Å². The Labute approximate surface area is 115 Å². The van der Waals surface area contributed by atoms with Gasteiger partial charge in [-0.1, -0.05) is 12.1 Å². The number of hydrogen-bond acceptors (Lipinski definition) is 3. The molecule has 1 heterocycles. The van der Waals surface area contributed by atoms with Gasteiger partial charge in [0.1, 0.15) is 6.54 Å². The fraction of sp³-hybridized carbons (Fsp3) is 0.308. The van der Waals surface area contributed by atoms with E-state index in [0.29, 0.717) is 13.1 Å². The van der Waals surface area contributed by atoms with Gasteiger partial charge in [0.2, 0.25) is 5.91 Å². The Morgan fingerprint density at radius 2 is 2.00 bits per heavy atom. The van der Waals surface area contributed by atoms with E-state index in [9.17, 15) is 14.4 Å². The first-order chi connectivity index (χ1) is 9.56. The molecule has 1 aromatic rings. The zero-order valence-corrected chi connectivity index (χ0v) is 10.8. The Morgan fingerprint density at radius 3 is 2.60 bits per heavy atom. The molecule has 20 heavy (non-hydrogen) atoms. The average Bonchev–Trinajstić information content (AvgIpc) is 2.45. The maximum atomic E-state index is 11.8. The van der Waals surface area contributed by atoms with Crippen molar-refractivity contribution in [1.82, 2.24) is 15.5 Å². The molecule has 7 heteroatoms. The zero-order valence-electron chi connectivity index (χ0n) is 10.8. The number of carbonyl (C=O) groups excluding carboxylic acids is 2. The van der Waals surface area contributed by atoms with Gasteiger partial charge in [0.05, 0.1) is 5.56 Å². The molecule has 0 radical (unpaired) electrons. The molecule has 1 aromatic carbocycles. The topological polar surface area (TPSA) is 98.7 Å². The smallest absolute Gasteiger partial charge is 0.335 e. The van der Waals surface area contributed by atoms with Crippen molar-refractivity contribution in [3.63, 3.8) is 0 Å². The lowest BCUT2D eigenvalue weighted by atomic mass is 10.1.